The van der Waals surface area contributed by atoms with Crippen molar-refractivity contribution in [3.05, 3.63) is 65.9 Å². The van der Waals surface area contributed by atoms with Crippen LogP contribution in [0.25, 0.3) is 10.9 Å². The second-order valence-corrected chi connectivity index (χ2v) is 5.92. The standard InChI is InChI=1S/C20H19NO4/c1-13(2)25-15-8-6-7-14(11-15)19(22)21-12-17(20(23)24-3)16-9-4-5-10-18(16)21/h4-13H,1-3H3. The molecule has 1 aromatic heterocycles. The third kappa shape index (κ3) is 3.26. The fraction of sp³-hybridized carbons (Fsp3) is 0.200. The Hall–Kier alpha value is -3.08. The fourth-order valence-corrected chi connectivity index (χ4v) is 2.73. The van der Waals surface area contributed by atoms with Crippen LogP contribution in [-0.2, 0) is 4.74 Å². The van der Waals surface area contributed by atoms with Gasteiger partial charge in [0.15, 0.2) is 0 Å². The molecule has 128 valence electrons. The second kappa shape index (κ2) is 6.81. The molecule has 0 saturated heterocycles. The predicted molar refractivity (Wildman–Crippen MR) is 95.2 cm³/mol. The minimum atomic E-state index is -0.473. The van der Waals surface area contributed by atoms with E-state index in [1.54, 1.807) is 30.3 Å². The zero-order chi connectivity index (χ0) is 18.0. The van der Waals surface area contributed by atoms with Crippen molar-refractivity contribution >= 4 is 22.8 Å². The van der Waals surface area contributed by atoms with Crippen LogP contribution in [0.2, 0.25) is 0 Å². The largest absolute Gasteiger partial charge is 0.491 e. The first kappa shape index (κ1) is 16.8. The zero-order valence-electron chi connectivity index (χ0n) is 14.4. The van der Waals surface area contributed by atoms with Crippen LogP contribution >= 0.6 is 0 Å². The lowest BCUT2D eigenvalue weighted by Crippen LogP contribution is -2.12. The van der Waals surface area contributed by atoms with Gasteiger partial charge in [-0.05, 0) is 38.1 Å². The summed E-state index contributed by atoms with van der Waals surface area (Å²) in [5.74, 6) is -0.0781. The van der Waals surface area contributed by atoms with Crippen molar-refractivity contribution in [2.24, 2.45) is 0 Å². The Kier molecular flexibility index (Phi) is 4.57. The summed E-state index contributed by atoms with van der Waals surface area (Å²) in [4.78, 5) is 25.0. The van der Waals surface area contributed by atoms with E-state index in [1.807, 2.05) is 32.0 Å². The van der Waals surface area contributed by atoms with Crippen molar-refractivity contribution in [3.63, 3.8) is 0 Å². The average Bonchev–Trinajstić information content (AvgIpc) is 3.00. The van der Waals surface area contributed by atoms with Crippen LogP contribution in [0.15, 0.2) is 54.7 Å². The molecule has 0 aliphatic carbocycles. The van der Waals surface area contributed by atoms with E-state index in [0.717, 1.165) is 0 Å². The van der Waals surface area contributed by atoms with Crippen LogP contribution < -0.4 is 4.74 Å². The third-order valence-electron chi connectivity index (χ3n) is 3.79. The quantitative estimate of drug-likeness (QED) is 0.678. The molecule has 3 rings (SSSR count). The fourth-order valence-electron chi connectivity index (χ4n) is 2.73. The molecule has 0 amide bonds. The van der Waals surface area contributed by atoms with Gasteiger partial charge in [0, 0.05) is 17.1 Å². The number of nitrogens with zero attached hydrogens (tertiary/aromatic N) is 1. The molecule has 3 aromatic rings. The van der Waals surface area contributed by atoms with Crippen molar-refractivity contribution in [3.8, 4) is 5.75 Å². The summed E-state index contributed by atoms with van der Waals surface area (Å²) in [5, 5.41) is 0.678. The number of benzene rings is 2. The molecule has 0 bridgehead atoms. The number of fused-ring (bicyclic) bond motifs is 1. The van der Waals surface area contributed by atoms with E-state index < -0.39 is 5.97 Å². The van der Waals surface area contributed by atoms with E-state index in [4.69, 9.17) is 9.47 Å². The van der Waals surface area contributed by atoms with Crippen LogP contribution in [0.3, 0.4) is 0 Å². The van der Waals surface area contributed by atoms with Crippen molar-refractivity contribution in [2.45, 2.75) is 20.0 Å². The zero-order valence-corrected chi connectivity index (χ0v) is 14.4. The van der Waals surface area contributed by atoms with Gasteiger partial charge in [0.05, 0.1) is 24.3 Å². The predicted octanol–water partition coefficient (Wildman–Crippen LogP) is 3.90. The summed E-state index contributed by atoms with van der Waals surface area (Å²) in [6.07, 6.45) is 1.54. The van der Waals surface area contributed by atoms with Gasteiger partial charge < -0.3 is 9.47 Å². The van der Waals surface area contributed by atoms with Crippen molar-refractivity contribution < 1.29 is 19.1 Å². The summed E-state index contributed by atoms with van der Waals surface area (Å²) >= 11 is 0. The summed E-state index contributed by atoms with van der Waals surface area (Å²) in [5.41, 5.74) is 1.50. The third-order valence-corrected chi connectivity index (χ3v) is 3.79. The van der Waals surface area contributed by atoms with Crippen LogP contribution in [0.5, 0.6) is 5.75 Å². The highest BCUT2D eigenvalue weighted by Gasteiger charge is 2.19. The summed E-state index contributed by atoms with van der Waals surface area (Å²) in [6.45, 7) is 3.85. The van der Waals surface area contributed by atoms with Gasteiger partial charge in [0.25, 0.3) is 5.91 Å². The normalized spacial score (nSPS) is 10.9. The van der Waals surface area contributed by atoms with Gasteiger partial charge in [-0.1, -0.05) is 24.3 Å². The number of carbonyl (C=O) groups excluding carboxylic acids is 2. The van der Waals surface area contributed by atoms with Gasteiger partial charge in [0.2, 0.25) is 0 Å². The van der Waals surface area contributed by atoms with Gasteiger partial charge in [-0.3, -0.25) is 9.36 Å². The molecule has 0 spiro atoms. The highest BCUT2D eigenvalue weighted by molar-refractivity contribution is 6.10. The molecule has 1 heterocycles. The maximum atomic E-state index is 13.0. The number of methoxy groups -OCH3 is 1. The van der Waals surface area contributed by atoms with E-state index in [2.05, 4.69) is 0 Å². The van der Waals surface area contributed by atoms with Crippen molar-refractivity contribution in [2.75, 3.05) is 7.11 Å². The van der Waals surface area contributed by atoms with E-state index in [9.17, 15) is 9.59 Å². The first-order valence-electron chi connectivity index (χ1n) is 8.01. The molecular weight excluding hydrogens is 318 g/mol. The number of aromatic nitrogens is 1. The average molecular weight is 337 g/mol. The minimum Gasteiger partial charge on any atom is -0.491 e. The number of hydrogen-bond acceptors (Lipinski definition) is 4. The molecule has 25 heavy (non-hydrogen) atoms. The molecule has 0 aliphatic rings. The minimum absolute atomic E-state index is 0.0173. The van der Waals surface area contributed by atoms with E-state index in [0.29, 0.717) is 27.8 Å². The molecule has 0 atom stereocenters. The summed E-state index contributed by atoms with van der Waals surface area (Å²) in [6, 6.07) is 14.3. The number of ether oxygens (including phenoxy) is 2. The highest BCUT2D eigenvalue weighted by atomic mass is 16.5. The number of hydrogen-bond donors (Lipinski definition) is 0. The Balaban J connectivity index is 2.07. The van der Waals surface area contributed by atoms with E-state index >= 15 is 0 Å². The maximum Gasteiger partial charge on any atom is 0.340 e. The van der Waals surface area contributed by atoms with Gasteiger partial charge in [-0.2, -0.15) is 0 Å². The summed E-state index contributed by atoms with van der Waals surface area (Å²) in [7, 11) is 1.32. The molecule has 2 aromatic carbocycles. The van der Waals surface area contributed by atoms with Crippen LogP contribution in [0, 0.1) is 0 Å². The Morgan fingerprint density at radius 1 is 1.04 bits per heavy atom. The first-order chi connectivity index (χ1) is 12.0. The van der Waals surface area contributed by atoms with Gasteiger partial charge in [0.1, 0.15) is 5.75 Å². The van der Waals surface area contributed by atoms with Gasteiger partial charge >= 0.3 is 5.97 Å². The SMILES string of the molecule is COC(=O)c1cn(C(=O)c2cccc(OC(C)C)c2)c2ccccc12. The smallest absolute Gasteiger partial charge is 0.340 e. The molecule has 0 aliphatic heterocycles. The lowest BCUT2D eigenvalue weighted by Gasteiger charge is -2.11. The summed E-state index contributed by atoms with van der Waals surface area (Å²) < 4.78 is 11.9. The van der Waals surface area contributed by atoms with Crippen LogP contribution in [0.1, 0.15) is 34.6 Å². The molecule has 0 N–H and O–H groups in total. The number of esters is 1. The molecule has 0 radical (unpaired) electrons. The molecule has 0 unspecified atom stereocenters. The monoisotopic (exact) mass is 337 g/mol. The van der Waals surface area contributed by atoms with Gasteiger partial charge in [-0.25, -0.2) is 4.79 Å². The molecule has 5 nitrogen and oxygen atoms in total. The molecular formula is C20H19NO4. The lowest BCUT2D eigenvalue weighted by atomic mass is 10.2. The van der Waals surface area contributed by atoms with E-state index in [1.165, 1.54) is 17.9 Å². The Bertz CT molecular complexity index is 940. The molecule has 0 saturated carbocycles. The van der Waals surface area contributed by atoms with Crippen LogP contribution in [-0.4, -0.2) is 29.7 Å². The highest BCUT2D eigenvalue weighted by Crippen LogP contribution is 2.24. The topological polar surface area (TPSA) is 57.5 Å². The van der Waals surface area contributed by atoms with Gasteiger partial charge in [-0.15, -0.1) is 0 Å². The van der Waals surface area contributed by atoms with Crippen molar-refractivity contribution in [1.29, 1.82) is 0 Å². The Labute approximate surface area is 145 Å². The second-order valence-electron chi connectivity index (χ2n) is 5.92. The lowest BCUT2D eigenvalue weighted by molar-refractivity contribution is 0.0603. The number of carbonyl (C=O) groups is 2. The first-order valence-corrected chi connectivity index (χ1v) is 8.01. The molecule has 0 fully saturated rings. The van der Waals surface area contributed by atoms with Crippen LogP contribution in [0.4, 0.5) is 0 Å². The number of para-hydroxylation sites is 1. The maximum absolute atomic E-state index is 13.0. The Morgan fingerprint density at radius 3 is 2.52 bits per heavy atom. The van der Waals surface area contributed by atoms with E-state index in [-0.39, 0.29) is 12.0 Å². The number of rotatable bonds is 4. The Morgan fingerprint density at radius 2 is 1.80 bits per heavy atom. The molecule has 5 heteroatoms. The van der Waals surface area contributed by atoms with Crippen molar-refractivity contribution in [1.82, 2.24) is 4.57 Å².